The number of unbranched alkanes of at least 4 members (excludes halogenated alkanes) is 3. The van der Waals surface area contributed by atoms with Crippen molar-refractivity contribution in [2.45, 2.75) is 45.4 Å². The molecule has 4 heteroatoms. The van der Waals surface area contributed by atoms with Crippen molar-refractivity contribution in [2.24, 2.45) is 5.73 Å². The summed E-state index contributed by atoms with van der Waals surface area (Å²) >= 11 is 0. The molecule has 0 rings (SSSR count). The molecule has 0 aromatic carbocycles. The minimum Gasteiger partial charge on any atom is -0.355 e. The molecule has 0 aliphatic rings. The van der Waals surface area contributed by atoms with Gasteiger partial charge in [0.2, 0.25) is 5.91 Å². The van der Waals surface area contributed by atoms with Crippen molar-refractivity contribution < 1.29 is 7.54 Å². The monoisotopic (exact) mass is 231 g/mol. The molecule has 0 atom stereocenters. The summed E-state index contributed by atoms with van der Waals surface area (Å²) in [5.41, 5.74) is 5.37. The smallest absolute Gasteiger partial charge is 0.233 e. The van der Waals surface area contributed by atoms with Crippen LogP contribution >= 0.6 is 0 Å². The lowest BCUT2D eigenvalue weighted by Gasteiger charge is -2.06. The maximum Gasteiger partial charge on any atom is 0.233 e. The molecule has 0 heterocycles. The van der Waals surface area contributed by atoms with E-state index in [-0.39, 0.29) is 12.5 Å². The normalized spacial score (nSPS) is 13.1. The summed E-state index contributed by atoms with van der Waals surface area (Å²) in [6, 6.07) is 0. The van der Waals surface area contributed by atoms with Crippen molar-refractivity contribution in [2.75, 3.05) is 26.1 Å². The molecule has 0 saturated carbocycles. The average Bonchev–Trinajstić information content (AvgIpc) is 2.34. The molecule has 0 aromatic heterocycles. The Morgan fingerprint density at radius 2 is 2.06 bits per heavy atom. The summed E-state index contributed by atoms with van der Waals surface area (Å²) in [5, 5.41) is 5.41. The van der Waals surface area contributed by atoms with Gasteiger partial charge in [0.25, 0.3) is 0 Å². The lowest BCUT2D eigenvalue weighted by Crippen LogP contribution is -2.34. The van der Waals surface area contributed by atoms with Crippen molar-refractivity contribution in [3.8, 4) is 0 Å². The highest BCUT2D eigenvalue weighted by molar-refractivity contribution is 5.77. The number of hydrogen-bond acceptors (Lipinski definition) is 3. The molecule has 1 amide bonds. The molecular weight excluding hydrogens is 202 g/mol. The van der Waals surface area contributed by atoms with Crippen molar-refractivity contribution in [3.63, 3.8) is 0 Å². The third-order valence-corrected chi connectivity index (χ3v) is 2.23. The SMILES string of the molecule is [2H]C([2H])(CCCC)NCC(=O)NCCCCCN. The van der Waals surface area contributed by atoms with E-state index in [2.05, 4.69) is 10.6 Å². The fraction of sp³-hybridized carbons (Fsp3) is 0.917. The van der Waals surface area contributed by atoms with E-state index in [1.54, 1.807) is 0 Å². The quantitative estimate of drug-likeness (QED) is 0.465. The van der Waals surface area contributed by atoms with Gasteiger partial charge in [0.05, 0.1) is 6.54 Å². The minimum atomic E-state index is -1.45. The van der Waals surface area contributed by atoms with Gasteiger partial charge in [0.15, 0.2) is 0 Å². The van der Waals surface area contributed by atoms with Crippen LogP contribution in [0.1, 0.15) is 48.2 Å². The van der Waals surface area contributed by atoms with Crippen LogP contribution < -0.4 is 16.4 Å². The number of nitrogens with two attached hydrogens (primary N) is 1. The lowest BCUT2D eigenvalue weighted by atomic mass is 10.2. The molecule has 0 fully saturated rings. The molecule has 96 valence electrons. The van der Waals surface area contributed by atoms with Gasteiger partial charge in [-0.3, -0.25) is 4.79 Å². The number of carbonyl (C=O) groups is 1. The molecule has 0 radical (unpaired) electrons. The van der Waals surface area contributed by atoms with E-state index in [0.29, 0.717) is 19.5 Å². The van der Waals surface area contributed by atoms with E-state index in [1.807, 2.05) is 6.92 Å². The first-order chi connectivity index (χ1) is 8.52. The van der Waals surface area contributed by atoms with E-state index in [9.17, 15) is 4.79 Å². The summed E-state index contributed by atoms with van der Waals surface area (Å²) in [5.74, 6) is -0.150. The van der Waals surface area contributed by atoms with Gasteiger partial charge < -0.3 is 16.4 Å². The number of rotatable bonds is 11. The highest BCUT2D eigenvalue weighted by Gasteiger charge is 1.98. The number of amides is 1. The number of nitrogens with one attached hydrogen (secondary N) is 2. The highest BCUT2D eigenvalue weighted by atomic mass is 16.1. The molecule has 4 nitrogen and oxygen atoms in total. The Kier molecular flexibility index (Phi) is 9.24. The van der Waals surface area contributed by atoms with Crippen molar-refractivity contribution in [1.82, 2.24) is 10.6 Å². The summed E-state index contributed by atoms with van der Waals surface area (Å²) in [4.78, 5) is 11.4. The zero-order valence-corrected chi connectivity index (χ0v) is 10.3. The van der Waals surface area contributed by atoms with Crippen LogP contribution in [0.25, 0.3) is 0 Å². The van der Waals surface area contributed by atoms with Crippen LogP contribution in [0.15, 0.2) is 0 Å². The van der Waals surface area contributed by atoms with Crippen molar-refractivity contribution >= 4 is 5.91 Å². The molecule has 0 bridgehead atoms. The van der Waals surface area contributed by atoms with Crippen LogP contribution in [0.4, 0.5) is 0 Å². The third-order valence-electron chi connectivity index (χ3n) is 2.23. The van der Waals surface area contributed by atoms with Gasteiger partial charge in [0.1, 0.15) is 0 Å². The van der Waals surface area contributed by atoms with Crippen LogP contribution in [0.2, 0.25) is 0 Å². The highest BCUT2D eigenvalue weighted by Crippen LogP contribution is 1.91. The molecule has 0 saturated heterocycles. The first-order valence-electron chi connectivity index (χ1n) is 7.23. The van der Waals surface area contributed by atoms with Crippen LogP contribution in [0.5, 0.6) is 0 Å². The van der Waals surface area contributed by atoms with Gasteiger partial charge >= 0.3 is 0 Å². The molecule has 0 aliphatic heterocycles. The second-order valence-corrected chi connectivity index (χ2v) is 3.83. The third kappa shape index (κ3) is 11.5. The molecule has 4 N–H and O–H groups in total. The fourth-order valence-electron chi connectivity index (χ4n) is 1.23. The van der Waals surface area contributed by atoms with E-state index in [0.717, 1.165) is 32.1 Å². The summed E-state index contributed by atoms with van der Waals surface area (Å²) in [7, 11) is 0. The molecule has 0 aromatic rings. The predicted octanol–water partition coefficient (Wildman–Crippen LogP) is 1.01. The topological polar surface area (TPSA) is 67.2 Å². The maximum absolute atomic E-state index is 11.4. The van der Waals surface area contributed by atoms with Gasteiger partial charge in [-0.2, -0.15) is 0 Å². The van der Waals surface area contributed by atoms with E-state index >= 15 is 0 Å². The Bertz CT molecular complexity index is 225. The Morgan fingerprint density at radius 3 is 2.75 bits per heavy atom. The average molecular weight is 231 g/mol. The Labute approximate surface area is 102 Å². The Morgan fingerprint density at radius 1 is 1.25 bits per heavy atom. The summed E-state index contributed by atoms with van der Waals surface area (Å²) < 4.78 is 15.3. The second-order valence-electron chi connectivity index (χ2n) is 3.83. The Balaban J connectivity index is 3.56. The second kappa shape index (κ2) is 12.5. The van der Waals surface area contributed by atoms with Crippen LogP contribution in [-0.4, -0.2) is 32.0 Å². The van der Waals surface area contributed by atoms with Crippen LogP contribution in [0.3, 0.4) is 0 Å². The predicted molar refractivity (Wildman–Crippen MR) is 68.3 cm³/mol. The molecule has 16 heavy (non-hydrogen) atoms. The number of carbonyl (C=O) groups excluding carboxylic acids is 1. The van der Waals surface area contributed by atoms with Crippen LogP contribution in [-0.2, 0) is 4.79 Å². The largest absolute Gasteiger partial charge is 0.355 e. The zero-order valence-electron chi connectivity index (χ0n) is 12.3. The van der Waals surface area contributed by atoms with Gasteiger partial charge in [-0.25, -0.2) is 0 Å². The fourth-order valence-corrected chi connectivity index (χ4v) is 1.23. The summed E-state index contributed by atoms with van der Waals surface area (Å²) in [6.07, 6.45) is 5.13. The standard InChI is InChI=1S/C12H27N3O/c1-2-3-6-9-14-11-12(16)15-10-7-4-5-8-13/h14H,2-11,13H2,1H3,(H,15,16)/i9D2. The Hall–Kier alpha value is -0.610. The molecule has 0 unspecified atom stereocenters. The van der Waals surface area contributed by atoms with E-state index < -0.39 is 6.50 Å². The molecule has 0 spiro atoms. The molecule has 0 aliphatic carbocycles. The van der Waals surface area contributed by atoms with Gasteiger partial charge in [0, 0.05) is 9.29 Å². The molecular formula is C12H27N3O. The number of hydrogen-bond donors (Lipinski definition) is 3. The first kappa shape index (κ1) is 11.9. The van der Waals surface area contributed by atoms with Gasteiger partial charge in [-0.1, -0.05) is 26.2 Å². The minimum absolute atomic E-state index is 0.0353. The van der Waals surface area contributed by atoms with Crippen molar-refractivity contribution in [1.29, 1.82) is 0 Å². The lowest BCUT2D eigenvalue weighted by molar-refractivity contribution is -0.120. The maximum atomic E-state index is 11.4. The van der Waals surface area contributed by atoms with E-state index in [1.165, 1.54) is 0 Å². The van der Waals surface area contributed by atoms with Gasteiger partial charge in [-0.05, 0) is 32.3 Å². The van der Waals surface area contributed by atoms with Crippen LogP contribution in [0, 0.1) is 0 Å². The summed E-state index contributed by atoms with van der Waals surface area (Å²) in [6.45, 7) is 1.93. The van der Waals surface area contributed by atoms with Crippen molar-refractivity contribution in [3.05, 3.63) is 0 Å². The first-order valence-corrected chi connectivity index (χ1v) is 6.23. The van der Waals surface area contributed by atoms with E-state index in [4.69, 9.17) is 8.48 Å². The zero-order chi connectivity index (χ0) is 13.9. The van der Waals surface area contributed by atoms with Gasteiger partial charge in [-0.15, -0.1) is 0 Å².